The number of pyridine rings is 1. The van der Waals surface area contributed by atoms with Gasteiger partial charge in [0.15, 0.2) is 0 Å². The maximum Gasteiger partial charge on any atom is 0.333 e. The second kappa shape index (κ2) is 5.25. The number of H-pyrrole nitrogens is 1. The van der Waals surface area contributed by atoms with Gasteiger partial charge < -0.3 is 15.5 Å². The van der Waals surface area contributed by atoms with Crippen molar-refractivity contribution in [2.75, 3.05) is 6.61 Å². The van der Waals surface area contributed by atoms with Crippen LogP contribution in [0, 0.1) is 5.92 Å². The van der Waals surface area contributed by atoms with E-state index in [2.05, 4.69) is 4.98 Å². The number of nitrogens with one attached hydrogen (secondary N) is 1. The summed E-state index contributed by atoms with van der Waals surface area (Å²) in [6.45, 7) is 4.10. The summed E-state index contributed by atoms with van der Waals surface area (Å²) in [5.41, 5.74) is 9.30. The van der Waals surface area contributed by atoms with Crippen molar-refractivity contribution >= 4 is 5.97 Å². The molecule has 2 aliphatic carbocycles. The third-order valence-electron chi connectivity index (χ3n) is 4.54. The molecular formula is C17H20N2O3. The number of hydrogen-bond acceptors (Lipinski definition) is 4. The zero-order valence-corrected chi connectivity index (χ0v) is 12.8. The fourth-order valence-electron chi connectivity index (χ4n) is 3.70. The number of hydrogen-bond donors (Lipinski definition) is 2. The van der Waals surface area contributed by atoms with Gasteiger partial charge in [-0.1, -0.05) is 12.2 Å². The molecule has 1 heterocycles. The van der Waals surface area contributed by atoms with Gasteiger partial charge in [-0.3, -0.25) is 4.79 Å². The number of ether oxygens (including phenoxy) is 1. The fraction of sp³-hybridized carbons (Fsp3) is 0.412. The first-order valence-corrected chi connectivity index (χ1v) is 7.55. The summed E-state index contributed by atoms with van der Waals surface area (Å²) in [4.78, 5) is 26.6. The number of carbonyl (C=O) groups is 1. The summed E-state index contributed by atoms with van der Waals surface area (Å²) in [5, 5.41) is 0. The normalized spacial score (nSPS) is 28.0. The largest absolute Gasteiger partial charge is 0.463 e. The average molecular weight is 300 g/mol. The molecule has 3 rings (SSSR count). The van der Waals surface area contributed by atoms with Crippen molar-refractivity contribution in [3.8, 4) is 0 Å². The Morgan fingerprint density at radius 2 is 2.32 bits per heavy atom. The first-order chi connectivity index (χ1) is 10.5. The van der Waals surface area contributed by atoms with Crippen LogP contribution >= 0.6 is 0 Å². The van der Waals surface area contributed by atoms with E-state index in [4.69, 9.17) is 10.5 Å². The number of nitrogens with two attached hydrogens (primary N) is 1. The van der Waals surface area contributed by atoms with E-state index in [1.165, 1.54) is 6.07 Å². The van der Waals surface area contributed by atoms with Gasteiger partial charge in [0.2, 0.25) is 5.56 Å². The van der Waals surface area contributed by atoms with Crippen LogP contribution in [0.1, 0.15) is 31.5 Å². The van der Waals surface area contributed by atoms with Gasteiger partial charge in [0.05, 0.1) is 12.1 Å². The highest BCUT2D eigenvalue weighted by molar-refractivity contribution is 5.89. The molecule has 5 nitrogen and oxygen atoms in total. The van der Waals surface area contributed by atoms with Crippen LogP contribution in [0.25, 0.3) is 0 Å². The van der Waals surface area contributed by atoms with Crippen LogP contribution in [0.4, 0.5) is 0 Å². The van der Waals surface area contributed by atoms with E-state index in [9.17, 15) is 9.59 Å². The van der Waals surface area contributed by atoms with Gasteiger partial charge in [-0.2, -0.15) is 0 Å². The first kappa shape index (κ1) is 14.8. The van der Waals surface area contributed by atoms with Gasteiger partial charge in [0.1, 0.15) is 0 Å². The van der Waals surface area contributed by atoms with Crippen molar-refractivity contribution < 1.29 is 9.53 Å². The van der Waals surface area contributed by atoms with Crippen molar-refractivity contribution in [3.05, 3.63) is 57.0 Å². The molecule has 116 valence electrons. The van der Waals surface area contributed by atoms with Crippen LogP contribution in [-0.2, 0) is 21.5 Å². The van der Waals surface area contributed by atoms with E-state index in [1.54, 1.807) is 13.0 Å². The smallest absolute Gasteiger partial charge is 0.333 e. The lowest BCUT2D eigenvalue weighted by molar-refractivity contribution is -0.139. The Hall–Kier alpha value is -2.14. The molecule has 0 aromatic carbocycles. The molecule has 5 heteroatoms. The van der Waals surface area contributed by atoms with E-state index in [0.717, 1.165) is 16.8 Å². The number of carbonyl (C=O) groups excluding carboxylic acids is 1. The van der Waals surface area contributed by atoms with Crippen molar-refractivity contribution in [2.45, 2.75) is 32.2 Å². The Kier molecular flexibility index (Phi) is 3.53. The van der Waals surface area contributed by atoms with Gasteiger partial charge in [0.25, 0.3) is 0 Å². The molecular weight excluding hydrogens is 280 g/mol. The first-order valence-electron chi connectivity index (χ1n) is 7.55. The highest BCUT2D eigenvalue weighted by Crippen LogP contribution is 2.47. The molecule has 2 aliphatic rings. The summed E-state index contributed by atoms with van der Waals surface area (Å²) >= 11 is 0. The predicted octanol–water partition coefficient (Wildman–Crippen LogP) is 1.54. The van der Waals surface area contributed by atoms with E-state index >= 15 is 0 Å². The average Bonchev–Trinajstić information content (AvgIpc) is 2.46. The molecule has 1 aromatic rings. The van der Waals surface area contributed by atoms with E-state index in [1.807, 2.05) is 19.1 Å². The van der Waals surface area contributed by atoms with Crippen LogP contribution in [0.15, 0.2) is 40.2 Å². The maximum absolute atomic E-state index is 12.1. The van der Waals surface area contributed by atoms with E-state index in [-0.39, 0.29) is 17.4 Å². The number of aromatic nitrogens is 1. The molecule has 0 aliphatic heterocycles. The van der Waals surface area contributed by atoms with Crippen LogP contribution in [0.2, 0.25) is 0 Å². The van der Waals surface area contributed by atoms with Crippen molar-refractivity contribution in [3.63, 3.8) is 0 Å². The summed E-state index contributed by atoms with van der Waals surface area (Å²) in [6, 6.07) is 3.27. The standard InChI is InChI=1S/C17H20N2O3/c1-3-12-10-7-11(16(21)22-4-2)9-17(12,18)13-5-6-15(20)19-14(13)8-10/h3,5-7,10H,4,8-9,18H2,1-2H3,(H,19,20)/b12-3+. The summed E-state index contributed by atoms with van der Waals surface area (Å²) in [5.74, 6) is -0.279. The monoisotopic (exact) mass is 300 g/mol. The highest BCUT2D eigenvalue weighted by Gasteiger charge is 2.45. The van der Waals surface area contributed by atoms with Crippen LogP contribution in [-0.4, -0.2) is 17.6 Å². The lowest BCUT2D eigenvalue weighted by atomic mass is 9.63. The van der Waals surface area contributed by atoms with Gasteiger partial charge in [0, 0.05) is 29.7 Å². The minimum Gasteiger partial charge on any atom is -0.463 e. The number of rotatable bonds is 2. The molecule has 2 atom stereocenters. The minimum absolute atomic E-state index is 0.0220. The van der Waals surface area contributed by atoms with Crippen LogP contribution < -0.4 is 11.3 Å². The Morgan fingerprint density at radius 3 is 3.00 bits per heavy atom. The maximum atomic E-state index is 12.1. The molecule has 2 unspecified atom stereocenters. The lowest BCUT2D eigenvalue weighted by Crippen LogP contribution is -2.49. The SMILES string of the molecule is C/C=C1\C2C=C(C(=O)OCC)CC1(N)c1ccc(=O)[nH]c1C2. The third-order valence-corrected chi connectivity index (χ3v) is 4.54. The van der Waals surface area contributed by atoms with Gasteiger partial charge in [-0.25, -0.2) is 4.79 Å². The number of fused-ring (bicyclic) bond motifs is 4. The molecule has 0 spiro atoms. The van der Waals surface area contributed by atoms with Crippen LogP contribution in [0.5, 0.6) is 0 Å². The summed E-state index contributed by atoms with van der Waals surface area (Å²) in [6.07, 6.45) is 5.00. The zero-order chi connectivity index (χ0) is 15.9. The van der Waals surface area contributed by atoms with Crippen molar-refractivity contribution in [1.29, 1.82) is 0 Å². The fourth-order valence-corrected chi connectivity index (χ4v) is 3.70. The zero-order valence-electron chi connectivity index (χ0n) is 12.8. The second-order valence-corrected chi connectivity index (χ2v) is 5.83. The summed E-state index contributed by atoms with van der Waals surface area (Å²) < 4.78 is 5.13. The summed E-state index contributed by atoms with van der Waals surface area (Å²) in [7, 11) is 0. The molecule has 1 aromatic heterocycles. The molecule has 0 saturated heterocycles. The number of aromatic amines is 1. The molecule has 2 bridgehead atoms. The van der Waals surface area contributed by atoms with E-state index < -0.39 is 5.54 Å². The molecule has 0 saturated carbocycles. The van der Waals surface area contributed by atoms with Crippen molar-refractivity contribution in [2.24, 2.45) is 11.7 Å². The third kappa shape index (κ3) is 2.13. The molecule has 0 fully saturated rings. The van der Waals surface area contributed by atoms with Crippen LogP contribution in [0.3, 0.4) is 0 Å². The second-order valence-electron chi connectivity index (χ2n) is 5.83. The Labute approximate surface area is 128 Å². The molecule has 0 amide bonds. The quantitative estimate of drug-likeness (QED) is 0.641. The number of esters is 1. The molecule has 22 heavy (non-hydrogen) atoms. The molecule has 0 radical (unpaired) electrons. The highest BCUT2D eigenvalue weighted by atomic mass is 16.5. The Balaban J connectivity index is 2.13. The van der Waals surface area contributed by atoms with Gasteiger partial charge in [-0.05, 0) is 37.5 Å². The topological polar surface area (TPSA) is 85.2 Å². The van der Waals surface area contributed by atoms with E-state index in [0.29, 0.717) is 25.0 Å². The van der Waals surface area contributed by atoms with Gasteiger partial charge >= 0.3 is 5.97 Å². The molecule has 3 N–H and O–H groups in total. The number of allylic oxidation sites excluding steroid dienone is 2. The lowest BCUT2D eigenvalue weighted by Gasteiger charge is -2.45. The minimum atomic E-state index is -0.756. The predicted molar refractivity (Wildman–Crippen MR) is 83.2 cm³/mol. The van der Waals surface area contributed by atoms with Gasteiger partial charge in [-0.15, -0.1) is 0 Å². The Bertz CT molecular complexity index is 745. The Morgan fingerprint density at radius 1 is 1.55 bits per heavy atom. The van der Waals surface area contributed by atoms with Crippen molar-refractivity contribution in [1.82, 2.24) is 4.98 Å².